The van der Waals surface area contributed by atoms with Gasteiger partial charge in [0.05, 0.1) is 13.1 Å². The van der Waals surface area contributed by atoms with Crippen molar-refractivity contribution in [1.82, 2.24) is 19.6 Å². The van der Waals surface area contributed by atoms with Crippen LogP contribution in [0.2, 0.25) is 0 Å². The summed E-state index contributed by atoms with van der Waals surface area (Å²) in [6.07, 6.45) is 1.96. The molecule has 1 heterocycles. The fourth-order valence-corrected chi connectivity index (χ4v) is 3.21. The largest absolute Gasteiger partial charge is 0.302 e. The Morgan fingerprint density at radius 1 is 0.783 bits per heavy atom. The van der Waals surface area contributed by atoms with Crippen molar-refractivity contribution in [3.05, 3.63) is 0 Å². The van der Waals surface area contributed by atoms with E-state index >= 15 is 0 Å². The Kier molecular flexibility index (Phi) is 10.3. The number of aldehydes is 2. The molecule has 1 aliphatic rings. The molecule has 0 aromatic carbocycles. The average molecular weight is 326 g/mol. The number of likely N-dealkylation sites (N-methyl/N-ethyl adjacent to an activating group) is 2. The molecule has 1 fully saturated rings. The van der Waals surface area contributed by atoms with Crippen LogP contribution in [0.4, 0.5) is 0 Å². The molecule has 0 N–H and O–H groups in total. The third-order valence-electron chi connectivity index (χ3n) is 4.83. The van der Waals surface area contributed by atoms with Gasteiger partial charge in [0.2, 0.25) is 0 Å². The monoisotopic (exact) mass is 326 g/mol. The third kappa shape index (κ3) is 7.52. The predicted octanol–water partition coefficient (Wildman–Crippen LogP) is 0.0341. The summed E-state index contributed by atoms with van der Waals surface area (Å²) in [5.41, 5.74) is 0. The molecule has 6 heteroatoms. The smallest absolute Gasteiger partial charge is 0.133 e. The molecule has 23 heavy (non-hydrogen) atoms. The Labute approximate surface area is 141 Å². The highest BCUT2D eigenvalue weighted by Crippen LogP contribution is 2.05. The Hall–Kier alpha value is -0.820. The quantitative estimate of drug-likeness (QED) is 0.642. The molecular weight excluding hydrogens is 292 g/mol. The van der Waals surface area contributed by atoms with Gasteiger partial charge in [-0.15, -0.1) is 0 Å². The van der Waals surface area contributed by atoms with Gasteiger partial charge in [-0.1, -0.05) is 13.8 Å². The normalized spacial score (nSPS) is 24.7. The maximum atomic E-state index is 11.0. The summed E-state index contributed by atoms with van der Waals surface area (Å²) in [7, 11) is 0. The van der Waals surface area contributed by atoms with E-state index in [4.69, 9.17) is 0 Å². The Morgan fingerprint density at radius 2 is 1.30 bits per heavy atom. The van der Waals surface area contributed by atoms with Crippen LogP contribution < -0.4 is 0 Å². The first kappa shape index (κ1) is 20.2. The first-order valence-corrected chi connectivity index (χ1v) is 8.92. The van der Waals surface area contributed by atoms with Crippen molar-refractivity contribution >= 4 is 12.6 Å². The number of rotatable bonds is 6. The van der Waals surface area contributed by atoms with E-state index in [9.17, 15) is 9.59 Å². The number of carbonyl (C=O) groups is 2. The van der Waals surface area contributed by atoms with Gasteiger partial charge < -0.3 is 14.5 Å². The van der Waals surface area contributed by atoms with Gasteiger partial charge in [0.1, 0.15) is 12.6 Å². The van der Waals surface area contributed by atoms with Gasteiger partial charge in [0.15, 0.2) is 0 Å². The zero-order valence-electron chi connectivity index (χ0n) is 15.1. The standard InChI is InChI=1S/C17H34N4O2/c1-4-18-6-7-19(12-14-22)8-9-20(13-15-23)16-17(3)21(5-2)11-10-18/h14-15,17H,4-13,16H2,1-3H3. The van der Waals surface area contributed by atoms with E-state index < -0.39 is 0 Å². The van der Waals surface area contributed by atoms with Crippen LogP contribution in [0.25, 0.3) is 0 Å². The fraction of sp³-hybridized carbons (Fsp3) is 0.882. The first-order valence-electron chi connectivity index (χ1n) is 8.92. The summed E-state index contributed by atoms with van der Waals surface area (Å²) in [4.78, 5) is 31.2. The summed E-state index contributed by atoms with van der Waals surface area (Å²) in [5, 5.41) is 0. The van der Waals surface area contributed by atoms with Crippen molar-refractivity contribution in [1.29, 1.82) is 0 Å². The Morgan fingerprint density at radius 3 is 1.87 bits per heavy atom. The molecule has 1 rings (SSSR count). The van der Waals surface area contributed by atoms with Crippen LogP contribution in [0.15, 0.2) is 0 Å². The molecule has 1 saturated heterocycles. The van der Waals surface area contributed by atoms with E-state index in [-0.39, 0.29) is 0 Å². The average Bonchev–Trinajstić information content (AvgIpc) is 2.54. The molecule has 134 valence electrons. The van der Waals surface area contributed by atoms with E-state index in [0.717, 1.165) is 71.5 Å². The van der Waals surface area contributed by atoms with E-state index in [1.54, 1.807) is 0 Å². The summed E-state index contributed by atoms with van der Waals surface area (Å²) in [6, 6.07) is 0.428. The molecule has 0 radical (unpaired) electrons. The molecule has 6 nitrogen and oxygen atoms in total. The van der Waals surface area contributed by atoms with Gasteiger partial charge in [-0.25, -0.2) is 0 Å². The van der Waals surface area contributed by atoms with Gasteiger partial charge in [0.25, 0.3) is 0 Å². The lowest BCUT2D eigenvalue weighted by molar-refractivity contribution is -0.110. The molecule has 1 unspecified atom stereocenters. The van der Waals surface area contributed by atoms with Crippen LogP contribution in [0.5, 0.6) is 0 Å². The van der Waals surface area contributed by atoms with E-state index in [1.165, 1.54) is 0 Å². The molecule has 0 aromatic heterocycles. The van der Waals surface area contributed by atoms with Crippen molar-refractivity contribution in [2.45, 2.75) is 26.8 Å². The molecule has 0 saturated carbocycles. The minimum atomic E-state index is 0.428. The highest BCUT2D eigenvalue weighted by Gasteiger charge is 2.19. The topological polar surface area (TPSA) is 47.1 Å². The second kappa shape index (κ2) is 11.7. The number of carbonyl (C=O) groups excluding carboxylic acids is 2. The minimum Gasteiger partial charge on any atom is -0.302 e. The number of hydrogen-bond acceptors (Lipinski definition) is 6. The first-order chi connectivity index (χ1) is 11.1. The van der Waals surface area contributed by atoms with E-state index in [2.05, 4.69) is 40.4 Å². The van der Waals surface area contributed by atoms with Crippen molar-refractivity contribution < 1.29 is 9.59 Å². The SMILES string of the molecule is CCN1CCN(CC=O)CCN(CC=O)CC(C)N(CC)CC1. The van der Waals surface area contributed by atoms with E-state index in [0.29, 0.717) is 19.1 Å². The van der Waals surface area contributed by atoms with Gasteiger partial charge in [0, 0.05) is 51.9 Å². The molecule has 0 bridgehead atoms. The van der Waals surface area contributed by atoms with Crippen molar-refractivity contribution in [3.8, 4) is 0 Å². The molecule has 1 atom stereocenters. The highest BCUT2D eigenvalue weighted by atomic mass is 16.1. The maximum Gasteiger partial charge on any atom is 0.133 e. The lowest BCUT2D eigenvalue weighted by Gasteiger charge is -2.36. The number of hydrogen-bond donors (Lipinski definition) is 0. The van der Waals surface area contributed by atoms with Crippen molar-refractivity contribution in [3.63, 3.8) is 0 Å². The Bertz CT molecular complexity index is 341. The second-order valence-electron chi connectivity index (χ2n) is 6.31. The van der Waals surface area contributed by atoms with Gasteiger partial charge in [-0.2, -0.15) is 0 Å². The van der Waals surface area contributed by atoms with Crippen LogP contribution in [-0.2, 0) is 9.59 Å². The molecule has 0 spiro atoms. The molecule has 0 amide bonds. The number of nitrogens with zero attached hydrogens (tertiary/aromatic N) is 4. The van der Waals surface area contributed by atoms with Crippen molar-refractivity contribution in [2.75, 3.05) is 72.0 Å². The van der Waals surface area contributed by atoms with Gasteiger partial charge in [-0.05, 0) is 20.0 Å². The maximum absolute atomic E-state index is 11.0. The van der Waals surface area contributed by atoms with Crippen molar-refractivity contribution in [2.24, 2.45) is 0 Å². The van der Waals surface area contributed by atoms with Crippen LogP contribution in [-0.4, -0.2) is 110 Å². The van der Waals surface area contributed by atoms with Gasteiger partial charge >= 0.3 is 0 Å². The van der Waals surface area contributed by atoms with E-state index in [1.807, 2.05) is 0 Å². The lowest BCUT2D eigenvalue weighted by Crippen LogP contribution is -2.49. The van der Waals surface area contributed by atoms with Crippen LogP contribution in [0.1, 0.15) is 20.8 Å². The Balaban J connectivity index is 2.78. The fourth-order valence-electron chi connectivity index (χ4n) is 3.21. The highest BCUT2D eigenvalue weighted by molar-refractivity contribution is 5.52. The molecule has 1 aliphatic heterocycles. The summed E-state index contributed by atoms with van der Waals surface area (Å²) in [5.74, 6) is 0. The summed E-state index contributed by atoms with van der Waals surface area (Å²) in [6.45, 7) is 16.2. The van der Waals surface area contributed by atoms with Crippen LogP contribution in [0, 0.1) is 0 Å². The zero-order valence-corrected chi connectivity index (χ0v) is 15.1. The van der Waals surface area contributed by atoms with Gasteiger partial charge in [-0.3, -0.25) is 14.7 Å². The third-order valence-corrected chi connectivity index (χ3v) is 4.83. The predicted molar refractivity (Wildman–Crippen MR) is 93.8 cm³/mol. The minimum absolute atomic E-state index is 0.428. The molecule has 0 aliphatic carbocycles. The van der Waals surface area contributed by atoms with Crippen LogP contribution in [0.3, 0.4) is 0 Å². The lowest BCUT2D eigenvalue weighted by atomic mass is 10.2. The summed E-state index contributed by atoms with van der Waals surface area (Å²) >= 11 is 0. The second-order valence-corrected chi connectivity index (χ2v) is 6.31. The summed E-state index contributed by atoms with van der Waals surface area (Å²) < 4.78 is 0. The molecule has 0 aromatic rings. The van der Waals surface area contributed by atoms with Crippen LogP contribution >= 0.6 is 0 Å². The zero-order chi connectivity index (χ0) is 17.1. The molecular formula is C17H34N4O2.